The lowest BCUT2D eigenvalue weighted by atomic mass is 9.50. The Kier molecular flexibility index (Phi) is 6.05. The number of carbonyl (C=O) groups excluding carboxylic acids is 2. The normalized spacial score (nSPS) is 36.4. The maximum atomic E-state index is 15.1. The van der Waals surface area contributed by atoms with Gasteiger partial charge in [-0.15, -0.1) is 0 Å². The first-order valence-electron chi connectivity index (χ1n) is 13.7. The van der Waals surface area contributed by atoms with Crippen molar-refractivity contribution in [2.75, 3.05) is 19.7 Å². The number of alkyl halides is 1. The molecule has 0 radical (unpaired) electrons. The molecule has 4 saturated carbocycles. The molecule has 4 bridgehead atoms. The first kappa shape index (κ1) is 23.9. The predicted octanol–water partition coefficient (Wildman–Crippen LogP) is 6.30. The van der Waals surface area contributed by atoms with E-state index in [0.717, 1.165) is 56.1 Å². The van der Waals surface area contributed by atoms with Gasteiger partial charge >= 0.3 is 5.97 Å². The van der Waals surface area contributed by atoms with Crippen LogP contribution < -0.4 is 0 Å². The van der Waals surface area contributed by atoms with Crippen molar-refractivity contribution >= 4 is 27.8 Å². The summed E-state index contributed by atoms with van der Waals surface area (Å²) < 4.78 is 21.5. The van der Waals surface area contributed by atoms with Crippen LogP contribution in [-0.4, -0.2) is 42.1 Å². The van der Waals surface area contributed by atoms with Crippen LogP contribution in [0.15, 0.2) is 22.7 Å². The number of fused-ring (bicyclic) bond motifs is 2. The van der Waals surface area contributed by atoms with Gasteiger partial charge in [-0.2, -0.15) is 0 Å². The SMILES string of the molecule is CCOC(=O)CC1CC2(CCN(C(=O)CC3C4CC5CC3CC(F)(C5)C4)CC2)c2c(Br)cccc21. The van der Waals surface area contributed by atoms with Crippen LogP contribution in [0.3, 0.4) is 0 Å². The summed E-state index contributed by atoms with van der Waals surface area (Å²) in [5.74, 6) is 2.08. The molecule has 190 valence electrons. The zero-order valence-corrected chi connectivity index (χ0v) is 22.3. The van der Waals surface area contributed by atoms with Gasteiger partial charge in [0.1, 0.15) is 5.67 Å². The average molecular weight is 547 g/mol. The number of nitrogens with zero attached hydrogens (tertiary/aromatic N) is 1. The van der Waals surface area contributed by atoms with Gasteiger partial charge in [0, 0.05) is 29.4 Å². The van der Waals surface area contributed by atoms with Crippen molar-refractivity contribution in [3.63, 3.8) is 0 Å². The van der Waals surface area contributed by atoms with E-state index in [1.165, 1.54) is 11.1 Å². The molecule has 1 spiro atoms. The second kappa shape index (κ2) is 8.85. The molecule has 1 heterocycles. The van der Waals surface area contributed by atoms with Crippen molar-refractivity contribution in [3.8, 4) is 0 Å². The molecule has 4 nitrogen and oxygen atoms in total. The van der Waals surface area contributed by atoms with E-state index in [0.29, 0.717) is 56.0 Å². The number of hydrogen-bond donors (Lipinski definition) is 0. The predicted molar refractivity (Wildman–Crippen MR) is 136 cm³/mol. The lowest BCUT2D eigenvalue weighted by molar-refractivity contribution is -0.144. The summed E-state index contributed by atoms with van der Waals surface area (Å²) in [6, 6.07) is 6.33. The lowest BCUT2D eigenvalue weighted by Crippen LogP contribution is -2.54. The van der Waals surface area contributed by atoms with Crippen molar-refractivity contribution in [2.45, 2.75) is 88.1 Å². The summed E-state index contributed by atoms with van der Waals surface area (Å²) in [4.78, 5) is 27.8. The quantitative estimate of drug-likeness (QED) is 0.407. The van der Waals surface area contributed by atoms with Crippen LogP contribution in [0.4, 0.5) is 4.39 Å². The highest BCUT2D eigenvalue weighted by atomic mass is 79.9. The van der Waals surface area contributed by atoms with Gasteiger partial charge in [-0.3, -0.25) is 9.59 Å². The number of halogens is 2. The van der Waals surface area contributed by atoms with Crippen molar-refractivity contribution in [1.82, 2.24) is 4.90 Å². The third kappa shape index (κ3) is 4.16. The van der Waals surface area contributed by atoms with E-state index in [1.807, 2.05) is 6.92 Å². The molecular weight excluding hydrogens is 509 g/mol. The van der Waals surface area contributed by atoms with Gasteiger partial charge in [0.2, 0.25) is 5.91 Å². The Balaban J connectivity index is 1.13. The van der Waals surface area contributed by atoms with Gasteiger partial charge in [0.25, 0.3) is 0 Å². The Labute approximate surface area is 216 Å². The number of amides is 1. The Hall–Kier alpha value is -1.43. The van der Waals surface area contributed by atoms with Crippen LogP contribution in [0, 0.1) is 23.7 Å². The number of hydrogen-bond acceptors (Lipinski definition) is 3. The summed E-state index contributed by atoms with van der Waals surface area (Å²) in [5.41, 5.74) is 1.68. The fraction of sp³-hybridized carbons (Fsp3) is 0.724. The number of rotatable bonds is 5. The third-order valence-electron chi connectivity index (χ3n) is 10.2. The minimum Gasteiger partial charge on any atom is -0.466 e. The number of ether oxygens (including phenoxy) is 1. The zero-order valence-electron chi connectivity index (χ0n) is 20.7. The first-order valence-corrected chi connectivity index (χ1v) is 14.5. The van der Waals surface area contributed by atoms with Crippen LogP contribution in [0.2, 0.25) is 0 Å². The van der Waals surface area contributed by atoms with Gasteiger partial charge in [-0.1, -0.05) is 28.1 Å². The monoisotopic (exact) mass is 545 g/mol. The average Bonchev–Trinajstić information content (AvgIpc) is 3.09. The number of esters is 1. The molecule has 0 N–H and O–H groups in total. The second-order valence-electron chi connectivity index (χ2n) is 12.3. The molecular formula is C29H37BrFNO3. The van der Waals surface area contributed by atoms with E-state index >= 15 is 4.39 Å². The second-order valence-corrected chi connectivity index (χ2v) is 13.1. The Morgan fingerprint density at radius 2 is 1.80 bits per heavy atom. The van der Waals surface area contributed by atoms with Gasteiger partial charge in [0.15, 0.2) is 0 Å². The summed E-state index contributed by atoms with van der Waals surface area (Å²) in [7, 11) is 0. The molecule has 6 aliphatic rings. The van der Waals surface area contributed by atoms with Crippen molar-refractivity contribution < 1.29 is 18.7 Å². The highest BCUT2D eigenvalue weighted by Gasteiger charge is 2.56. The molecule has 1 aromatic carbocycles. The summed E-state index contributed by atoms with van der Waals surface area (Å²) in [5, 5.41) is 0. The van der Waals surface area contributed by atoms with Crippen LogP contribution in [-0.2, 0) is 19.7 Å². The number of piperidine rings is 1. The smallest absolute Gasteiger partial charge is 0.306 e. The fourth-order valence-corrected chi connectivity index (χ4v) is 9.86. The summed E-state index contributed by atoms with van der Waals surface area (Å²) >= 11 is 3.80. The van der Waals surface area contributed by atoms with Crippen molar-refractivity contribution in [3.05, 3.63) is 33.8 Å². The number of benzene rings is 1. The van der Waals surface area contributed by atoms with E-state index < -0.39 is 5.67 Å². The van der Waals surface area contributed by atoms with E-state index in [2.05, 4.69) is 39.0 Å². The van der Waals surface area contributed by atoms with Crippen LogP contribution in [0.25, 0.3) is 0 Å². The number of carbonyl (C=O) groups is 2. The topological polar surface area (TPSA) is 46.6 Å². The molecule has 7 rings (SSSR count). The minimum absolute atomic E-state index is 0.00655. The highest BCUT2D eigenvalue weighted by molar-refractivity contribution is 9.10. The van der Waals surface area contributed by atoms with Gasteiger partial charge in [0.05, 0.1) is 13.0 Å². The standard InChI is InChI=1S/C29H37BrFNO3/c1-2-35-26(34)12-21-15-28(27-22(21)4-3-5-24(27)30)6-8-32(9-7-28)25(33)13-23-19-10-18-11-20(23)17-29(31,14-18)16-19/h3-5,18-21,23H,2,6-17H2,1H3. The van der Waals surface area contributed by atoms with Crippen LogP contribution in [0.1, 0.15) is 88.2 Å². The fourth-order valence-electron chi connectivity index (χ4n) is 9.06. The Bertz CT molecular complexity index is 1000. The molecule has 1 aliphatic heterocycles. The van der Waals surface area contributed by atoms with E-state index in [9.17, 15) is 9.59 Å². The molecule has 1 saturated heterocycles. The molecule has 5 aliphatic carbocycles. The maximum Gasteiger partial charge on any atom is 0.306 e. The number of likely N-dealkylation sites (tertiary alicyclic amines) is 1. The Morgan fingerprint density at radius 1 is 1.09 bits per heavy atom. The largest absolute Gasteiger partial charge is 0.466 e. The zero-order chi connectivity index (χ0) is 24.4. The molecule has 1 amide bonds. The summed E-state index contributed by atoms with van der Waals surface area (Å²) in [6.07, 6.45) is 8.25. The van der Waals surface area contributed by atoms with E-state index in [4.69, 9.17) is 4.74 Å². The van der Waals surface area contributed by atoms with Crippen LogP contribution in [0.5, 0.6) is 0 Å². The summed E-state index contributed by atoms with van der Waals surface area (Å²) in [6.45, 7) is 3.80. The van der Waals surface area contributed by atoms with E-state index in [1.54, 1.807) is 0 Å². The van der Waals surface area contributed by atoms with Crippen LogP contribution >= 0.6 is 15.9 Å². The Morgan fingerprint density at radius 3 is 2.46 bits per heavy atom. The molecule has 6 heteroatoms. The molecule has 1 aromatic rings. The van der Waals surface area contributed by atoms with E-state index in [-0.39, 0.29) is 23.2 Å². The molecule has 35 heavy (non-hydrogen) atoms. The van der Waals surface area contributed by atoms with Gasteiger partial charge in [-0.25, -0.2) is 4.39 Å². The van der Waals surface area contributed by atoms with Crippen molar-refractivity contribution in [1.29, 1.82) is 0 Å². The highest BCUT2D eigenvalue weighted by Crippen LogP contribution is 2.61. The maximum absolute atomic E-state index is 15.1. The molecule has 3 atom stereocenters. The minimum atomic E-state index is -0.934. The van der Waals surface area contributed by atoms with Crippen molar-refractivity contribution in [2.24, 2.45) is 23.7 Å². The molecule has 0 aromatic heterocycles. The lowest BCUT2D eigenvalue weighted by Gasteiger charge is -2.57. The van der Waals surface area contributed by atoms with Gasteiger partial charge < -0.3 is 9.64 Å². The van der Waals surface area contributed by atoms with Gasteiger partial charge in [-0.05, 0) is 105 Å². The molecule has 5 fully saturated rings. The molecule has 3 unspecified atom stereocenters. The third-order valence-corrected chi connectivity index (χ3v) is 10.9. The first-order chi connectivity index (χ1) is 16.8.